The summed E-state index contributed by atoms with van der Waals surface area (Å²) in [4.78, 5) is 29.9. The van der Waals surface area contributed by atoms with Gasteiger partial charge in [0.2, 0.25) is 5.91 Å². The van der Waals surface area contributed by atoms with E-state index in [2.05, 4.69) is 11.1 Å². The van der Waals surface area contributed by atoms with Gasteiger partial charge in [-0.15, -0.1) is 0 Å². The summed E-state index contributed by atoms with van der Waals surface area (Å²) in [5, 5.41) is 0. The summed E-state index contributed by atoms with van der Waals surface area (Å²) in [5.41, 5.74) is 9.82. The van der Waals surface area contributed by atoms with Crippen molar-refractivity contribution in [2.24, 2.45) is 22.6 Å². The molecule has 0 bridgehead atoms. The van der Waals surface area contributed by atoms with Gasteiger partial charge in [0.1, 0.15) is 11.6 Å². The van der Waals surface area contributed by atoms with Crippen LogP contribution in [0.4, 0.5) is 5.82 Å². The van der Waals surface area contributed by atoms with Gasteiger partial charge >= 0.3 is 0 Å². The summed E-state index contributed by atoms with van der Waals surface area (Å²) >= 11 is 0. The highest BCUT2D eigenvalue weighted by Crippen LogP contribution is 2.37. The van der Waals surface area contributed by atoms with Crippen molar-refractivity contribution < 1.29 is 9.53 Å². The smallest absolute Gasteiger partial charge is 0.231 e. The standard InChI is InChI=1S/C32H45N5O2/c1-22(2)35-20-28(19-33)27-16-17-34-31(18-27)37(32(38)26-8-6-5-7-9-26)21-24-10-12-25(13-11-24)29-14-15-30(39-4)23(3)36-29/h14-20,22,24-26H,5-13,21,33H2,1-4H3/b28-19+,35-20?. The Bertz CT molecular complexity index is 1160. The van der Waals surface area contributed by atoms with E-state index in [0.29, 0.717) is 18.4 Å². The molecule has 0 radical (unpaired) electrons. The third kappa shape index (κ3) is 7.46. The van der Waals surface area contributed by atoms with Crippen LogP contribution in [-0.2, 0) is 4.79 Å². The van der Waals surface area contributed by atoms with E-state index >= 15 is 0 Å². The number of aromatic nitrogens is 2. The van der Waals surface area contributed by atoms with Gasteiger partial charge in [0, 0.05) is 54.3 Å². The molecule has 1 amide bonds. The number of allylic oxidation sites excluding steroid dienone is 1. The predicted octanol–water partition coefficient (Wildman–Crippen LogP) is 6.46. The second-order valence-electron chi connectivity index (χ2n) is 11.4. The third-order valence-corrected chi connectivity index (χ3v) is 8.25. The lowest BCUT2D eigenvalue weighted by molar-refractivity contribution is -0.123. The molecule has 7 heteroatoms. The van der Waals surface area contributed by atoms with Crippen LogP contribution in [0.5, 0.6) is 5.75 Å². The molecule has 0 unspecified atom stereocenters. The fraction of sp³-hybridized carbons (Fsp3) is 0.562. The molecule has 4 rings (SSSR count). The molecule has 2 aliphatic carbocycles. The monoisotopic (exact) mass is 531 g/mol. The van der Waals surface area contributed by atoms with Gasteiger partial charge in [-0.1, -0.05) is 19.3 Å². The molecule has 0 aliphatic heterocycles. The number of carbonyl (C=O) groups is 1. The number of rotatable bonds is 9. The minimum atomic E-state index is 0.0824. The summed E-state index contributed by atoms with van der Waals surface area (Å²) in [6.07, 6.45) is 14.9. The Labute approximate surface area is 234 Å². The molecule has 210 valence electrons. The van der Waals surface area contributed by atoms with Gasteiger partial charge in [-0.05, 0) is 95.0 Å². The molecule has 2 saturated carbocycles. The van der Waals surface area contributed by atoms with E-state index in [0.717, 1.165) is 85.5 Å². The van der Waals surface area contributed by atoms with Gasteiger partial charge in [0.05, 0.1) is 12.8 Å². The molecular formula is C32H45N5O2. The Kier molecular flexibility index (Phi) is 10.1. The average Bonchev–Trinajstić information content (AvgIpc) is 2.96. The van der Waals surface area contributed by atoms with E-state index in [-0.39, 0.29) is 17.9 Å². The molecule has 0 aromatic carbocycles. The number of nitrogens with two attached hydrogens (primary N) is 1. The van der Waals surface area contributed by atoms with Crippen LogP contribution in [0.2, 0.25) is 0 Å². The second kappa shape index (κ2) is 13.7. The molecule has 39 heavy (non-hydrogen) atoms. The number of pyridine rings is 2. The van der Waals surface area contributed by atoms with Gasteiger partial charge in [-0.2, -0.15) is 0 Å². The number of methoxy groups -OCH3 is 1. The summed E-state index contributed by atoms with van der Waals surface area (Å²) in [5.74, 6) is 2.75. The van der Waals surface area contributed by atoms with Crippen molar-refractivity contribution in [2.45, 2.75) is 90.5 Å². The second-order valence-corrected chi connectivity index (χ2v) is 11.4. The first-order chi connectivity index (χ1) is 18.9. The lowest BCUT2D eigenvalue weighted by Gasteiger charge is -2.34. The van der Waals surface area contributed by atoms with E-state index in [1.807, 2.05) is 50.1 Å². The fourth-order valence-corrected chi connectivity index (χ4v) is 5.96. The Morgan fingerprint density at radius 1 is 1.13 bits per heavy atom. The minimum absolute atomic E-state index is 0.0824. The Morgan fingerprint density at radius 3 is 2.51 bits per heavy atom. The average molecular weight is 532 g/mol. The van der Waals surface area contributed by atoms with Crippen LogP contribution >= 0.6 is 0 Å². The normalized spacial score (nSPS) is 20.9. The number of carbonyl (C=O) groups excluding carboxylic acids is 1. The molecule has 2 aromatic rings. The van der Waals surface area contributed by atoms with Gasteiger partial charge in [-0.25, -0.2) is 4.98 Å². The third-order valence-electron chi connectivity index (χ3n) is 8.25. The number of nitrogens with zero attached hydrogens (tertiary/aromatic N) is 4. The van der Waals surface area contributed by atoms with E-state index in [4.69, 9.17) is 20.4 Å². The maximum Gasteiger partial charge on any atom is 0.231 e. The number of aliphatic imine (C=N–C) groups is 1. The van der Waals surface area contributed by atoms with Gasteiger partial charge in [0.25, 0.3) is 0 Å². The van der Waals surface area contributed by atoms with Gasteiger partial charge in [0.15, 0.2) is 0 Å². The van der Waals surface area contributed by atoms with Crippen LogP contribution in [-0.4, -0.2) is 41.8 Å². The van der Waals surface area contributed by atoms with Crippen LogP contribution in [0.3, 0.4) is 0 Å². The molecular weight excluding hydrogens is 486 g/mol. The van der Waals surface area contributed by atoms with Crippen molar-refractivity contribution in [1.82, 2.24) is 9.97 Å². The van der Waals surface area contributed by atoms with Crippen molar-refractivity contribution in [2.75, 3.05) is 18.6 Å². The highest BCUT2D eigenvalue weighted by molar-refractivity contribution is 6.10. The van der Waals surface area contributed by atoms with Crippen molar-refractivity contribution in [3.05, 3.63) is 53.6 Å². The Balaban J connectivity index is 1.52. The summed E-state index contributed by atoms with van der Waals surface area (Å²) in [7, 11) is 1.69. The SMILES string of the molecule is COc1ccc(C2CCC(CN(C(=O)C3CCCCC3)c3cc(/C(C=NC(C)C)=C/N)ccn3)CC2)nc1C. The minimum Gasteiger partial charge on any atom is -0.495 e. The summed E-state index contributed by atoms with van der Waals surface area (Å²) < 4.78 is 5.39. The van der Waals surface area contributed by atoms with E-state index in [9.17, 15) is 4.79 Å². The topological polar surface area (TPSA) is 93.7 Å². The Hall–Kier alpha value is -3.22. The maximum absolute atomic E-state index is 13.9. The molecule has 0 saturated heterocycles. The lowest BCUT2D eigenvalue weighted by Crippen LogP contribution is -2.41. The number of ether oxygens (including phenoxy) is 1. The largest absolute Gasteiger partial charge is 0.495 e. The van der Waals surface area contributed by atoms with Crippen LogP contribution in [0, 0.1) is 18.8 Å². The summed E-state index contributed by atoms with van der Waals surface area (Å²) in [6, 6.07) is 8.26. The quantitative estimate of drug-likeness (QED) is 0.375. The van der Waals surface area contributed by atoms with E-state index < -0.39 is 0 Å². The lowest BCUT2D eigenvalue weighted by atomic mass is 9.79. The number of aryl methyl sites for hydroxylation is 1. The van der Waals surface area contributed by atoms with E-state index in [1.165, 1.54) is 6.42 Å². The fourth-order valence-electron chi connectivity index (χ4n) is 5.96. The van der Waals surface area contributed by atoms with Crippen molar-refractivity contribution in [3.63, 3.8) is 0 Å². The zero-order chi connectivity index (χ0) is 27.8. The first-order valence-corrected chi connectivity index (χ1v) is 14.6. The van der Waals surface area contributed by atoms with Crippen LogP contribution in [0.25, 0.3) is 5.57 Å². The number of anilines is 1. The van der Waals surface area contributed by atoms with Crippen molar-refractivity contribution >= 4 is 23.5 Å². The van der Waals surface area contributed by atoms with Gasteiger partial charge in [-0.3, -0.25) is 19.7 Å². The number of amides is 1. The zero-order valence-corrected chi connectivity index (χ0v) is 24.1. The van der Waals surface area contributed by atoms with Crippen LogP contribution < -0.4 is 15.4 Å². The number of hydrogen-bond acceptors (Lipinski definition) is 6. The van der Waals surface area contributed by atoms with E-state index in [1.54, 1.807) is 19.5 Å². The molecule has 7 nitrogen and oxygen atoms in total. The van der Waals surface area contributed by atoms with Crippen molar-refractivity contribution in [3.8, 4) is 5.75 Å². The first kappa shape index (κ1) is 28.8. The number of hydrogen-bond donors (Lipinski definition) is 1. The zero-order valence-electron chi connectivity index (χ0n) is 24.1. The molecule has 2 aliphatic rings. The Morgan fingerprint density at radius 2 is 1.87 bits per heavy atom. The highest BCUT2D eigenvalue weighted by atomic mass is 16.5. The highest BCUT2D eigenvalue weighted by Gasteiger charge is 2.31. The van der Waals surface area contributed by atoms with Crippen LogP contribution in [0.15, 0.2) is 41.7 Å². The molecule has 0 spiro atoms. The summed E-state index contributed by atoms with van der Waals surface area (Å²) in [6.45, 7) is 6.78. The van der Waals surface area contributed by atoms with Gasteiger partial charge < -0.3 is 10.5 Å². The molecule has 2 N–H and O–H groups in total. The van der Waals surface area contributed by atoms with Crippen molar-refractivity contribution in [1.29, 1.82) is 0 Å². The predicted molar refractivity (Wildman–Crippen MR) is 159 cm³/mol. The maximum atomic E-state index is 13.9. The molecule has 2 fully saturated rings. The molecule has 2 heterocycles. The van der Waals surface area contributed by atoms with Crippen LogP contribution in [0.1, 0.15) is 94.5 Å². The molecule has 0 atom stereocenters. The molecule has 2 aromatic heterocycles. The first-order valence-electron chi connectivity index (χ1n) is 14.6.